The topological polar surface area (TPSA) is 55.4 Å². The average molecular weight is 460 g/mol. The first kappa shape index (κ1) is 27.6. The predicted octanol–water partition coefficient (Wildman–Crippen LogP) is 4.00. The van der Waals surface area contributed by atoms with E-state index in [1.807, 2.05) is 0 Å². The molecule has 28 heavy (non-hydrogen) atoms. The Hall–Kier alpha value is -0.440. The van der Waals surface area contributed by atoms with Crippen molar-refractivity contribution in [3.8, 4) is 0 Å². The first-order chi connectivity index (χ1) is 12.8. The molecule has 0 aromatic rings. The Morgan fingerprint density at radius 3 is 0.893 bits per heavy atom. The predicted molar refractivity (Wildman–Crippen MR) is 75.4 cm³/mol. The number of ether oxygens (including phenoxy) is 3. The number of rotatable bonds is 15. The zero-order valence-corrected chi connectivity index (χ0v) is 15.1. The van der Waals surface area contributed by atoms with Gasteiger partial charge in [-0.15, -0.1) is 0 Å². The lowest BCUT2D eigenvalue weighted by atomic mass is 10.7. The average Bonchev–Trinajstić information content (AvgIpc) is 2.49. The zero-order chi connectivity index (χ0) is 21.7. The molecule has 0 aliphatic carbocycles. The quantitative estimate of drug-likeness (QED) is 0.209. The van der Waals surface area contributed by atoms with E-state index in [1.165, 1.54) is 0 Å². The molecule has 0 amide bonds. The van der Waals surface area contributed by atoms with Crippen molar-refractivity contribution in [2.75, 3.05) is 59.5 Å². The minimum Gasteiger partial charge on any atom is -0.370 e. The van der Waals surface area contributed by atoms with Gasteiger partial charge < -0.3 is 27.8 Å². The summed E-state index contributed by atoms with van der Waals surface area (Å²) in [4.78, 5) is 0. The Balaban J connectivity index is 4.08. The first-order valence-electron chi connectivity index (χ1n) is 7.41. The van der Waals surface area contributed by atoms with E-state index in [0.29, 0.717) is 0 Å². The van der Waals surface area contributed by atoms with E-state index >= 15 is 0 Å². The molecule has 0 aromatic heterocycles. The molecule has 0 saturated carbocycles. The highest BCUT2D eigenvalue weighted by Crippen LogP contribution is 2.39. The SMILES string of the molecule is FC(F)(F)COCCOP(OCCOCC(F)(F)F)OCCOCC(F)(F)F. The van der Waals surface area contributed by atoms with Gasteiger partial charge in [-0.2, -0.15) is 39.5 Å². The van der Waals surface area contributed by atoms with Gasteiger partial charge in [0.15, 0.2) is 0 Å². The van der Waals surface area contributed by atoms with Crippen LogP contribution in [0.25, 0.3) is 0 Å². The van der Waals surface area contributed by atoms with Crippen LogP contribution in [-0.2, 0) is 27.8 Å². The Labute approximate surface area is 155 Å². The second-order valence-corrected chi connectivity index (χ2v) is 5.95. The molecule has 0 bridgehead atoms. The largest absolute Gasteiger partial charge is 0.411 e. The summed E-state index contributed by atoms with van der Waals surface area (Å²) < 4.78 is 135. The molecule has 0 spiro atoms. The smallest absolute Gasteiger partial charge is 0.370 e. The summed E-state index contributed by atoms with van der Waals surface area (Å²) in [5.74, 6) is 0. The maximum absolute atomic E-state index is 11.9. The lowest BCUT2D eigenvalue weighted by molar-refractivity contribution is -0.175. The number of hydrogen-bond acceptors (Lipinski definition) is 6. The third-order valence-corrected chi connectivity index (χ3v) is 3.25. The fourth-order valence-corrected chi connectivity index (χ4v) is 2.08. The molecular formula is C12H18F9O6P. The van der Waals surface area contributed by atoms with E-state index in [-0.39, 0.29) is 0 Å². The van der Waals surface area contributed by atoms with Crippen LogP contribution in [-0.4, -0.2) is 78.0 Å². The summed E-state index contributed by atoms with van der Waals surface area (Å²) in [5, 5.41) is 0. The number of halogens is 9. The molecule has 0 saturated heterocycles. The standard InChI is InChI=1S/C12H18F9O6P/c13-10(14,15)7-22-1-4-25-28(26-5-2-23-8-11(16,17)18)27-6-3-24-9-12(19,20)21/h1-9H2. The molecule has 0 unspecified atom stereocenters. The monoisotopic (exact) mass is 460 g/mol. The Kier molecular flexibility index (Phi) is 13.5. The van der Waals surface area contributed by atoms with Crippen molar-refractivity contribution in [3.05, 3.63) is 0 Å². The van der Waals surface area contributed by atoms with Crippen LogP contribution in [0.3, 0.4) is 0 Å². The van der Waals surface area contributed by atoms with Gasteiger partial charge in [-0.05, 0) is 0 Å². The van der Waals surface area contributed by atoms with Crippen molar-refractivity contribution < 1.29 is 67.3 Å². The minimum absolute atomic E-state index is 0.422. The van der Waals surface area contributed by atoms with Crippen LogP contribution < -0.4 is 0 Å². The summed E-state index contributed by atoms with van der Waals surface area (Å²) in [6.45, 7) is -7.33. The van der Waals surface area contributed by atoms with E-state index < -0.39 is 86.6 Å². The molecule has 0 radical (unpaired) electrons. The molecule has 170 valence electrons. The lowest BCUT2D eigenvalue weighted by Gasteiger charge is -2.17. The number of hydrogen-bond donors (Lipinski definition) is 0. The molecule has 0 rings (SSSR count). The van der Waals surface area contributed by atoms with E-state index in [1.54, 1.807) is 0 Å². The highest BCUT2D eigenvalue weighted by molar-refractivity contribution is 7.41. The molecule has 0 N–H and O–H groups in total. The van der Waals surface area contributed by atoms with Crippen LogP contribution in [0.2, 0.25) is 0 Å². The van der Waals surface area contributed by atoms with E-state index in [0.717, 1.165) is 0 Å². The van der Waals surface area contributed by atoms with Crippen molar-refractivity contribution in [2.45, 2.75) is 18.5 Å². The number of alkyl halides is 9. The highest BCUT2D eigenvalue weighted by atomic mass is 31.2. The molecule has 0 heterocycles. The summed E-state index contributed by atoms with van der Waals surface area (Å²) in [6, 6.07) is 0. The van der Waals surface area contributed by atoms with Gasteiger partial charge in [0.05, 0.1) is 39.6 Å². The Bertz CT molecular complexity index is 334. The molecule has 0 aliphatic heterocycles. The lowest BCUT2D eigenvalue weighted by Crippen LogP contribution is -2.20. The molecule has 6 nitrogen and oxygen atoms in total. The maximum Gasteiger partial charge on any atom is 0.411 e. The second kappa shape index (κ2) is 13.7. The van der Waals surface area contributed by atoms with Crippen LogP contribution in [0, 0.1) is 0 Å². The van der Waals surface area contributed by atoms with Crippen LogP contribution in [0.15, 0.2) is 0 Å². The van der Waals surface area contributed by atoms with Gasteiger partial charge in [0.25, 0.3) is 0 Å². The van der Waals surface area contributed by atoms with Gasteiger partial charge in [-0.1, -0.05) is 0 Å². The van der Waals surface area contributed by atoms with Crippen molar-refractivity contribution in [3.63, 3.8) is 0 Å². The van der Waals surface area contributed by atoms with E-state index in [4.69, 9.17) is 13.6 Å². The second-order valence-electron chi connectivity index (χ2n) is 4.73. The van der Waals surface area contributed by atoms with Crippen molar-refractivity contribution in [1.29, 1.82) is 0 Å². The fraction of sp³-hybridized carbons (Fsp3) is 1.00. The maximum atomic E-state index is 11.9. The third-order valence-electron chi connectivity index (χ3n) is 2.07. The molecule has 0 aliphatic rings. The van der Waals surface area contributed by atoms with Gasteiger partial charge in [0.2, 0.25) is 0 Å². The molecule has 0 atom stereocenters. The third kappa shape index (κ3) is 21.9. The van der Waals surface area contributed by atoms with Crippen molar-refractivity contribution >= 4 is 8.60 Å². The molecule has 0 fully saturated rings. The summed E-state index contributed by atoms with van der Waals surface area (Å²) >= 11 is 0. The summed E-state index contributed by atoms with van der Waals surface area (Å²) in [7, 11) is -2.28. The Morgan fingerprint density at radius 2 is 0.679 bits per heavy atom. The van der Waals surface area contributed by atoms with Gasteiger partial charge in [-0.25, -0.2) is 0 Å². The van der Waals surface area contributed by atoms with Crippen molar-refractivity contribution in [2.24, 2.45) is 0 Å². The summed E-state index contributed by atoms with van der Waals surface area (Å²) in [5.41, 5.74) is 0. The highest BCUT2D eigenvalue weighted by Gasteiger charge is 2.29. The van der Waals surface area contributed by atoms with Crippen LogP contribution in [0.4, 0.5) is 39.5 Å². The van der Waals surface area contributed by atoms with Gasteiger partial charge in [-0.3, -0.25) is 0 Å². The van der Waals surface area contributed by atoms with Crippen LogP contribution in [0.5, 0.6) is 0 Å². The summed E-state index contributed by atoms with van der Waals surface area (Å²) in [6.07, 6.45) is -13.6. The van der Waals surface area contributed by atoms with Crippen LogP contribution >= 0.6 is 8.60 Å². The van der Waals surface area contributed by atoms with Crippen molar-refractivity contribution in [1.82, 2.24) is 0 Å². The first-order valence-corrected chi connectivity index (χ1v) is 8.50. The normalized spacial score (nSPS) is 13.5. The van der Waals surface area contributed by atoms with E-state index in [2.05, 4.69) is 14.2 Å². The van der Waals surface area contributed by atoms with Gasteiger partial charge in [0, 0.05) is 0 Å². The fourth-order valence-electron chi connectivity index (χ4n) is 1.19. The minimum atomic E-state index is -4.54. The zero-order valence-electron chi connectivity index (χ0n) is 14.2. The van der Waals surface area contributed by atoms with Gasteiger partial charge >= 0.3 is 27.1 Å². The molecule has 0 aromatic carbocycles. The Morgan fingerprint density at radius 1 is 0.429 bits per heavy atom. The van der Waals surface area contributed by atoms with E-state index in [9.17, 15) is 39.5 Å². The van der Waals surface area contributed by atoms with Crippen LogP contribution in [0.1, 0.15) is 0 Å². The molecular weight excluding hydrogens is 442 g/mol. The van der Waals surface area contributed by atoms with Gasteiger partial charge in [0.1, 0.15) is 19.8 Å². The molecule has 16 heteroatoms.